The van der Waals surface area contributed by atoms with E-state index in [4.69, 9.17) is 10.3 Å². The summed E-state index contributed by atoms with van der Waals surface area (Å²) in [6.07, 6.45) is 2.72. The van der Waals surface area contributed by atoms with Gasteiger partial charge in [-0.05, 0) is 43.9 Å². The maximum atomic E-state index is 12.9. The molecule has 1 heterocycles. The molecule has 26 heavy (non-hydrogen) atoms. The van der Waals surface area contributed by atoms with Gasteiger partial charge >= 0.3 is 0 Å². The van der Waals surface area contributed by atoms with E-state index in [-0.39, 0.29) is 17.3 Å². The molecule has 0 amide bonds. The van der Waals surface area contributed by atoms with Crippen LogP contribution < -0.4 is 5.73 Å². The monoisotopic (exact) mass is 400 g/mol. The van der Waals surface area contributed by atoms with Crippen LogP contribution in [0.5, 0.6) is 0 Å². The molecule has 0 bridgehead atoms. The zero-order valence-electron chi connectivity index (χ0n) is 15.2. The Balaban J connectivity index is 0.00000243. The predicted octanol–water partition coefficient (Wildman–Crippen LogP) is 2.84. The molecule has 144 valence electrons. The number of hydrogen-bond donors (Lipinski definition) is 1. The second kappa shape index (κ2) is 7.64. The average molecular weight is 401 g/mol. The molecular weight excluding hydrogens is 376 g/mol. The maximum absolute atomic E-state index is 12.9. The highest BCUT2D eigenvalue weighted by Gasteiger charge is 2.39. The molecule has 1 saturated carbocycles. The second-order valence-electron chi connectivity index (χ2n) is 6.50. The molecule has 3 rings (SSSR count). The van der Waals surface area contributed by atoms with Gasteiger partial charge in [0.15, 0.2) is 5.82 Å². The molecule has 1 fully saturated rings. The molecule has 2 aromatic rings. The van der Waals surface area contributed by atoms with Crippen LogP contribution in [0.25, 0.3) is 11.5 Å². The lowest BCUT2D eigenvalue weighted by molar-refractivity contribution is 0.229. The van der Waals surface area contributed by atoms with E-state index in [9.17, 15) is 8.42 Å². The van der Waals surface area contributed by atoms with Crippen molar-refractivity contribution < 1.29 is 12.9 Å². The normalized spacial score (nSPS) is 16.2. The summed E-state index contributed by atoms with van der Waals surface area (Å²) < 4.78 is 32.5. The molecule has 7 nitrogen and oxygen atoms in total. The standard InChI is InChI=1S/C17H24N4O3S.ClH/c1-4-21(5-2)25(22,23)14-11-13(8-7-12(14)3)15-19-16(20-24-15)17(18)9-6-10-17;/h7-8,11H,4-6,9-10,18H2,1-3H3;1H. The fourth-order valence-electron chi connectivity index (χ4n) is 3.04. The Labute approximate surface area is 160 Å². The van der Waals surface area contributed by atoms with Gasteiger partial charge in [0, 0.05) is 18.7 Å². The Hall–Kier alpha value is -1.48. The molecule has 1 aliphatic carbocycles. The topological polar surface area (TPSA) is 102 Å². The van der Waals surface area contributed by atoms with Gasteiger partial charge in [0.2, 0.25) is 10.0 Å². The molecule has 0 aliphatic heterocycles. The largest absolute Gasteiger partial charge is 0.334 e. The van der Waals surface area contributed by atoms with Crippen molar-refractivity contribution in [2.45, 2.75) is 50.5 Å². The number of hydrogen-bond acceptors (Lipinski definition) is 6. The number of halogens is 1. The molecular formula is C17H25ClN4O3S. The lowest BCUT2D eigenvalue weighted by Crippen LogP contribution is -2.44. The smallest absolute Gasteiger partial charge is 0.258 e. The molecule has 1 aliphatic rings. The Morgan fingerprint density at radius 3 is 2.46 bits per heavy atom. The van der Waals surface area contributed by atoms with Crippen molar-refractivity contribution in [1.82, 2.24) is 14.4 Å². The number of aromatic nitrogens is 2. The molecule has 2 N–H and O–H groups in total. The minimum atomic E-state index is -3.56. The summed E-state index contributed by atoms with van der Waals surface area (Å²) in [6, 6.07) is 5.15. The zero-order chi connectivity index (χ0) is 18.2. The van der Waals surface area contributed by atoms with Crippen molar-refractivity contribution in [1.29, 1.82) is 0 Å². The summed E-state index contributed by atoms with van der Waals surface area (Å²) in [5, 5.41) is 4.00. The van der Waals surface area contributed by atoms with Gasteiger partial charge in [0.25, 0.3) is 5.89 Å². The van der Waals surface area contributed by atoms with Crippen molar-refractivity contribution in [2.24, 2.45) is 5.73 Å². The summed E-state index contributed by atoms with van der Waals surface area (Å²) in [7, 11) is -3.56. The summed E-state index contributed by atoms with van der Waals surface area (Å²) in [5.41, 5.74) is 6.98. The van der Waals surface area contributed by atoms with E-state index >= 15 is 0 Å². The summed E-state index contributed by atoms with van der Waals surface area (Å²) in [6.45, 7) is 6.27. The van der Waals surface area contributed by atoms with Gasteiger partial charge in [-0.25, -0.2) is 8.42 Å². The Morgan fingerprint density at radius 1 is 1.27 bits per heavy atom. The van der Waals surface area contributed by atoms with Crippen LogP contribution in [-0.4, -0.2) is 36.0 Å². The Kier molecular flexibility index (Phi) is 6.12. The first-order chi connectivity index (χ1) is 11.8. The lowest BCUT2D eigenvalue weighted by Gasteiger charge is -2.34. The second-order valence-corrected chi connectivity index (χ2v) is 8.41. The van der Waals surface area contributed by atoms with Crippen molar-refractivity contribution in [3.63, 3.8) is 0 Å². The van der Waals surface area contributed by atoms with Gasteiger partial charge < -0.3 is 10.3 Å². The van der Waals surface area contributed by atoms with Gasteiger partial charge in [-0.2, -0.15) is 9.29 Å². The summed E-state index contributed by atoms with van der Waals surface area (Å²) >= 11 is 0. The maximum Gasteiger partial charge on any atom is 0.258 e. The van der Waals surface area contributed by atoms with Crippen LogP contribution in [0.4, 0.5) is 0 Å². The highest BCUT2D eigenvalue weighted by Crippen LogP contribution is 2.38. The minimum Gasteiger partial charge on any atom is -0.334 e. The molecule has 0 spiro atoms. The van der Waals surface area contributed by atoms with Crippen LogP contribution in [-0.2, 0) is 15.6 Å². The first-order valence-corrected chi connectivity index (χ1v) is 10.00. The molecule has 9 heteroatoms. The van der Waals surface area contributed by atoms with Gasteiger partial charge in [0.1, 0.15) is 0 Å². The predicted molar refractivity (Wildman–Crippen MR) is 102 cm³/mol. The van der Waals surface area contributed by atoms with Crippen molar-refractivity contribution in [3.8, 4) is 11.5 Å². The molecule has 0 atom stereocenters. The Morgan fingerprint density at radius 2 is 1.92 bits per heavy atom. The first-order valence-electron chi connectivity index (χ1n) is 8.56. The molecule has 1 aromatic heterocycles. The van der Waals surface area contributed by atoms with E-state index in [0.717, 1.165) is 19.3 Å². The van der Waals surface area contributed by atoms with E-state index in [0.29, 0.717) is 35.9 Å². The van der Waals surface area contributed by atoms with E-state index < -0.39 is 15.6 Å². The number of aryl methyl sites for hydroxylation is 1. The number of sulfonamides is 1. The van der Waals surface area contributed by atoms with Crippen LogP contribution >= 0.6 is 12.4 Å². The van der Waals surface area contributed by atoms with Crippen LogP contribution in [0.3, 0.4) is 0 Å². The third-order valence-corrected chi connectivity index (χ3v) is 7.07. The first kappa shape index (κ1) is 20.8. The fourth-order valence-corrected chi connectivity index (χ4v) is 4.75. The fraction of sp³-hybridized carbons (Fsp3) is 0.529. The zero-order valence-corrected chi connectivity index (χ0v) is 16.9. The third kappa shape index (κ3) is 3.51. The molecule has 1 aromatic carbocycles. The molecule has 0 radical (unpaired) electrons. The van der Waals surface area contributed by atoms with E-state index in [1.165, 1.54) is 4.31 Å². The summed E-state index contributed by atoms with van der Waals surface area (Å²) in [4.78, 5) is 4.66. The van der Waals surface area contributed by atoms with Crippen molar-refractivity contribution >= 4 is 22.4 Å². The quantitative estimate of drug-likeness (QED) is 0.799. The molecule has 0 unspecified atom stereocenters. The van der Waals surface area contributed by atoms with Gasteiger partial charge in [0.05, 0.1) is 10.4 Å². The van der Waals surface area contributed by atoms with Crippen LogP contribution in [0.1, 0.15) is 44.5 Å². The number of nitrogens with two attached hydrogens (primary N) is 1. The summed E-state index contributed by atoms with van der Waals surface area (Å²) in [5.74, 6) is 0.783. The van der Waals surface area contributed by atoms with Crippen molar-refractivity contribution in [2.75, 3.05) is 13.1 Å². The third-order valence-electron chi connectivity index (χ3n) is 4.88. The Bertz CT molecular complexity index is 874. The van der Waals surface area contributed by atoms with E-state index in [2.05, 4.69) is 10.1 Å². The number of nitrogens with zero attached hydrogens (tertiary/aromatic N) is 3. The van der Waals surface area contributed by atoms with Crippen molar-refractivity contribution in [3.05, 3.63) is 29.6 Å². The van der Waals surface area contributed by atoms with Crippen LogP contribution in [0.2, 0.25) is 0 Å². The van der Waals surface area contributed by atoms with Gasteiger partial charge in [-0.3, -0.25) is 0 Å². The highest BCUT2D eigenvalue weighted by molar-refractivity contribution is 7.89. The minimum absolute atomic E-state index is 0. The average Bonchev–Trinajstić information content (AvgIpc) is 3.04. The number of benzene rings is 1. The van der Waals surface area contributed by atoms with E-state index in [1.807, 2.05) is 13.8 Å². The van der Waals surface area contributed by atoms with Gasteiger partial charge in [-0.15, -0.1) is 12.4 Å². The van der Waals surface area contributed by atoms with Crippen LogP contribution in [0, 0.1) is 6.92 Å². The molecule has 0 saturated heterocycles. The SMILES string of the molecule is CCN(CC)S(=O)(=O)c1cc(-c2nc(C3(N)CCC3)no2)ccc1C.Cl. The number of rotatable bonds is 6. The van der Waals surface area contributed by atoms with Gasteiger partial charge in [-0.1, -0.05) is 25.1 Å². The lowest BCUT2D eigenvalue weighted by atomic mass is 9.77. The van der Waals surface area contributed by atoms with Crippen LogP contribution in [0.15, 0.2) is 27.6 Å². The highest BCUT2D eigenvalue weighted by atomic mass is 35.5. The van der Waals surface area contributed by atoms with E-state index in [1.54, 1.807) is 25.1 Å².